The minimum atomic E-state index is 0.0316. The van der Waals surface area contributed by atoms with Crippen LogP contribution in [0.3, 0.4) is 0 Å². The van der Waals surface area contributed by atoms with Gasteiger partial charge in [-0.3, -0.25) is 4.79 Å². The van der Waals surface area contributed by atoms with Crippen LogP contribution in [-0.2, 0) is 0 Å². The number of rotatable bonds is 2. The maximum atomic E-state index is 12.7. The van der Waals surface area contributed by atoms with E-state index in [1.54, 1.807) is 0 Å². The Labute approximate surface area is 129 Å². The highest BCUT2D eigenvalue weighted by Gasteiger charge is 2.13. The third-order valence-electron chi connectivity index (χ3n) is 3.66. The Morgan fingerprint density at radius 3 is 2.41 bits per heavy atom. The van der Waals surface area contributed by atoms with E-state index < -0.39 is 0 Å². The lowest BCUT2D eigenvalue weighted by Crippen LogP contribution is -2.07. The summed E-state index contributed by atoms with van der Waals surface area (Å²) in [6, 6.07) is 15.5. The van der Waals surface area contributed by atoms with Crippen molar-refractivity contribution in [2.45, 2.75) is 20.8 Å². The molecule has 0 N–H and O–H groups in total. The maximum Gasteiger partial charge on any atom is 0.196 e. The van der Waals surface area contributed by atoms with E-state index in [0.717, 1.165) is 16.7 Å². The fourth-order valence-electron chi connectivity index (χ4n) is 2.62. The van der Waals surface area contributed by atoms with Gasteiger partial charge in [0, 0.05) is 16.7 Å². The Balaban J connectivity index is 2.39. The second kappa shape index (κ2) is 5.64. The van der Waals surface area contributed by atoms with Gasteiger partial charge in [0.2, 0.25) is 0 Å². The van der Waals surface area contributed by atoms with Gasteiger partial charge in [-0.15, -0.1) is 0 Å². The van der Waals surface area contributed by atoms with Gasteiger partial charge in [-0.25, -0.2) is 0 Å². The summed E-state index contributed by atoms with van der Waals surface area (Å²) in [4.78, 5) is 12.7. The molecule has 3 rings (SSSR count). The molecular weight excluding hydrogens is 272 g/mol. The SMILES string of the molecule is CC(C)=Cc1cccc2c(=O)c(C)c(-c3ccccc3)oc12. The van der Waals surface area contributed by atoms with Crippen molar-refractivity contribution in [2.75, 3.05) is 0 Å². The molecule has 0 unspecified atom stereocenters. The highest BCUT2D eigenvalue weighted by atomic mass is 16.3. The first-order valence-electron chi connectivity index (χ1n) is 7.34. The molecule has 110 valence electrons. The Hall–Kier alpha value is -2.61. The van der Waals surface area contributed by atoms with E-state index in [1.165, 1.54) is 0 Å². The third-order valence-corrected chi connectivity index (χ3v) is 3.66. The van der Waals surface area contributed by atoms with E-state index >= 15 is 0 Å². The van der Waals surface area contributed by atoms with Crippen LogP contribution in [-0.4, -0.2) is 0 Å². The predicted molar refractivity (Wildman–Crippen MR) is 92.0 cm³/mol. The summed E-state index contributed by atoms with van der Waals surface area (Å²) in [6.45, 7) is 5.88. The quantitative estimate of drug-likeness (QED) is 0.650. The number of benzene rings is 2. The van der Waals surface area contributed by atoms with Gasteiger partial charge in [0.25, 0.3) is 0 Å². The maximum absolute atomic E-state index is 12.7. The fourth-order valence-corrected chi connectivity index (χ4v) is 2.62. The van der Waals surface area contributed by atoms with Crippen LogP contribution in [0, 0.1) is 6.92 Å². The van der Waals surface area contributed by atoms with Gasteiger partial charge in [-0.2, -0.15) is 0 Å². The summed E-state index contributed by atoms with van der Waals surface area (Å²) in [5.41, 5.74) is 4.35. The van der Waals surface area contributed by atoms with Gasteiger partial charge in [0.1, 0.15) is 11.3 Å². The number of hydrogen-bond acceptors (Lipinski definition) is 2. The smallest absolute Gasteiger partial charge is 0.196 e. The average Bonchev–Trinajstić information content (AvgIpc) is 2.51. The molecule has 0 radical (unpaired) electrons. The molecule has 2 nitrogen and oxygen atoms in total. The lowest BCUT2D eigenvalue weighted by molar-refractivity contribution is 0.613. The summed E-state index contributed by atoms with van der Waals surface area (Å²) < 4.78 is 6.15. The summed E-state index contributed by atoms with van der Waals surface area (Å²) in [5.74, 6) is 0.646. The van der Waals surface area contributed by atoms with Crippen molar-refractivity contribution in [3.05, 3.63) is 75.5 Å². The molecule has 0 aliphatic carbocycles. The minimum absolute atomic E-state index is 0.0316. The van der Waals surface area contributed by atoms with Crippen molar-refractivity contribution in [2.24, 2.45) is 0 Å². The van der Waals surface area contributed by atoms with E-state index in [-0.39, 0.29) is 5.43 Å². The minimum Gasteiger partial charge on any atom is -0.455 e. The Morgan fingerprint density at radius 2 is 1.73 bits per heavy atom. The highest BCUT2D eigenvalue weighted by molar-refractivity contribution is 5.87. The van der Waals surface area contributed by atoms with E-state index in [2.05, 4.69) is 0 Å². The summed E-state index contributed by atoms with van der Waals surface area (Å²) in [5, 5.41) is 0.632. The molecule has 0 aliphatic rings. The zero-order valence-electron chi connectivity index (χ0n) is 13.0. The van der Waals surface area contributed by atoms with Crippen LogP contribution in [0.15, 0.2) is 63.3 Å². The molecule has 2 heteroatoms. The van der Waals surface area contributed by atoms with E-state index in [9.17, 15) is 4.79 Å². The molecule has 0 saturated heterocycles. The summed E-state index contributed by atoms with van der Waals surface area (Å²) in [6.07, 6.45) is 2.04. The standard InChI is InChI=1S/C20H18O2/c1-13(2)12-16-10-7-11-17-18(21)14(3)19(22-20(16)17)15-8-5-4-6-9-15/h4-12H,1-3H3. The molecule has 0 spiro atoms. The molecule has 1 heterocycles. The zero-order valence-corrected chi connectivity index (χ0v) is 13.0. The van der Waals surface area contributed by atoms with E-state index in [0.29, 0.717) is 22.3 Å². The molecular formula is C20H18O2. The van der Waals surface area contributed by atoms with Crippen molar-refractivity contribution in [1.82, 2.24) is 0 Å². The second-order valence-corrected chi connectivity index (χ2v) is 5.70. The van der Waals surface area contributed by atoms with Crippen LogP contribution in [0.25, 0.3) is 28.4 Å². The Kier molecular flexibility index (Phi) is 3.68. The molecule has 0 saturated carbocycles. The Bertz CT molecular complexity index is 912. The lowest BCUT2D eigenvalue weighted by atomic mass is 10.0. The van der Waals surface area contributed by atoms with Crippen LogP contribution in [0.2, 0.25) is 0 Å². The van der Waals surface area contributed by atoms with E-state index in [4.69, 9.17) is 4.42 Å². The van der Waals surface area contributed by atoms with Gasteiger partial charge in [-0.1, -0.05) is 54.1 Å². The number of hydrogen-bond donors (Lipinski definition) is 0. The van der Waals surface area contributed by atoms with Crippen molar-refractivity contribution < 1.29 is 4.42 Å². The lowest BCUT2D eigenvalue weighted by Gasteiger charge is -2.09. The highest BCUT2D eigenvalue weighted by Crippen LogP contribution is 2.28. The topological polar surface area (TPSA) is 30.2 Å². The monoisotopic (exact) mass is 290 g/mol. The van der Waals surface area contributed by atoms with Crippen LogP contribution in [0.4, 0.5) is 0 Å². The van der Waals surface area contributed by atoms with Gasteiger partial charge in [0.15, 0.2) is 5.43 Å². The summed E-state index contributed by atoms with van der Waals surface area (Å²) in [7, 11) is 0. The molecule has 2 aromatic carbocycles. The molecule has 22 heavy (non-hydrogen) atoms. The van der Waals surface area contributed by atoms with Gasteiger partial charge in [0.05, 0.1) is 5.39 Å². The van der Waals surface area contributed by atoms with E-state index in [1.807, 2.05) is 75.4 Å². The predicted octanol–water partition coefficient (Wildman–Crippen LogP) is 5.19. The first-order valence-corrected chi connectivity index (χ1v) is 7.34. The molecule has 0 fully saturated rings. The first kappa shape index (κ1) is 14.3. The molecule has 1 aromatic heterocycles. The van der Waals surface area contributed by atoms with Crippen LogP contribution >= 0.6 is 0 Å². The van der Waals surface area contributed by atoms with Gasteiger partial charge >= 0.3 is 0 Å². The molecule has 3 aromatic rings. The van der Waals surface area contributed by atoms with Crippen molar-refractivity contribution in [1.29, 1.82) is 0 Å². The largest absolute Gasteiger partial charge is 0.455 e. The van der Waals surface area contributed by atoms with Crippen molar-refractivity contribution >= 4 is 17.0 Å². The van der Waals surface area contributed by atoms with Crippen LogP contribution in [0.5, 0.6) is 0 Å². The fraction of sp³-hybridized carbons (Fsp3) is 0.150. The first-order chi connectivity index (χ1) is 10.6. The summed E-state index contributed by atoms with van der Waals surface area (Å²) >= 11 is 0. The average molecular weight is 290 g/mol. The zero-order chi connectivity index (χ0) is 15.7. The molecule has 0 atom stereocenters. The van der Waals surface area contributed by atoms with Gasteiger partial charge in [-0.05, 0) is 26.8 Å². The Morgan fingerprint density at radius 1 is 1.00 bits per heavy atom. The number of fused-ring (bicyclic) bond motifs is 1. The van der Waals surface area contributed by atoms with Gasteiger partial charge < -0.3 is 4.42 Å². The van der Waals surface area contributed by atoms with Crippen molar-refractivity contribution in [3.63, 3.8) is 0 Å². The van der Waals surface area contributed by atoms with Crippen LogP contribution in [0.1, 0.15) is 25.0 Å². The molecule has 0 aliphatic heterocycles. The van der Waals surface area contributed by atoms with Crippen LogP contribution < -0.4 is 5.43 Å². The third kappa shape index (κ3) is 2.48. The number of allylic oxidation sites excluding steroid dienone is 1. The molecule has 0 bridgehead atoms. The number of para-hydroxylation sites is 1. The molecule has 0 amide bonds. The van der Waals surface area contributed by atoms with Crippen molar-refractivity contribution in [3.8, 4) is 11.3 Å². The second-order valence-electron chi connectivity index (χ2n) is 5.70. The normalized spacial score (nSPS) is 10.7.